The quantitative estimate of drug-likeness (QED) is 0.750. The van der Waals surface area contributed by atoms with Crippen LogP contribution in [0.3, 0.4) is 0 Å². The highest BCUT2D eigenvalue weighted by Gasteiger charge is 2.17. The summed E-state index contributed by atoms with van der Waals surface area (Å²) in [5, 5.41) is 0. The minimum Gasteiger partial charge on any atom is -0.274 e. The van der Waals surface area contributed by atoms with E-state index in [0.717, 1.165) is 22.3 Å². The van der Waals surface area contributed by atoms with E-state index in [4.69, 9.17) is 0 Å². The van der Waals surface area contributed by atoms with E-state index in [1.54, 1.807) is 12.1 Å². The molecule has 0 bridgehead atoms. The van der Waals surface area contributed by atoms with E-state index >= 15 is 0 Å². The number of benzene rings is 3. The van der Waals surface area contributed by atoms with E-state index in [0.29, 0.717) is 0 Å². The molecule has 0 radical (unpaired) electrons. The van der Waals surface area contributed by atoms with Gasteiger partial charge in [0.1, 0.15) is 0 Å². The first-order chi connectivity index (χ1) is 12.4. The fourth-order valence-electron chi connectivity index (χ4n) is 2.59. The third-order valence-corrected chi connectivity index (χ3v) is 5.39. The van der Waals surface area contributed by atoms with Crippen LogP contribution in [0.25, 0.3) is 11.1 Å². The van der Waals surface area contributed by atoms with E-state index in [1.165, 1.54) is 12.1 Å². The molecule has 0 atom stereocenters. The Morgan fingerprint density at radius 2 is 1.38 bits per heavy atom. The lowest BCUT2D eigenvalue weighted by atomic mass is 10.1. The number of amides is 1. The molecule has 0 saturated carbocycles. The fourth-order valence-corrected chi connectivity index (χ4v) is 3.58. The zero-order chi connectivity index (χ0) is 18.6. The lowest BCUT2D eigenvalue weighted by molar-refractivity contribution is -0.118. The molecule has 26 heavy (non-hydrogen) atoms. The second-order valence-corrected chi connectivity index (χ2v) is 7.76. The van der Waals surface area contributed by atoms with Gasteiger partial charge in [-0.05, 0) is 35.7 Å². The number of aryl methyl sites for hydroxylation is 1. The third kappa shape index (κ3) is 4.37. The number of carbonyl (C=O) groups is 1. The van der Waals surface area contributed by atoms with E-state index in [9.17, 15) is 13.2 Å². The maximum Gasteiger partial charge on any atom is 0.264 e. The number of sulfonamides is 1. The lowest BCUT2D eigenvalue weighted by Crippen LogP contribution is -2.31. The Labute approximate surface area is 153 Å². The summed E-state index contributed by atoms with van der Waals surface area (Å²) in [6, 6.07) is 23.5. The van der Waals surface area contributed by atoms with Crippen LogP contribution in [0.5, 0.6) is 0 Å². The van der Waals surface area contributed by atoms with Crippen LogP contribution in [0.4, 0.5) is 0 Å². The standard InChI is InChI=1S/C21H19NO3S/c1-16-7-9-17(10-8-16)15-21(23)22-26(24,25)20-13-11-19(12-14-20)18-5-3-2-4-6-18/h2-14H,15H2,1H3,(H,22,23). The van der Waals surface area contributed by atoms with Crippen LogP contribution in [0.15, 0.2) is 83.8 Å². The van der Waals surface area contributed by atoms with Crippen LogP contribution in [0, 0.1) is 6.92 Å². The molecule has 0 fully saturated rings. The van der Waals surface area contributed by atoms with Gasteiger partial charge in [0.15, 0.2) is 0 Å². The summed E-state index contributed by atoms with van der Waals surface area (Å²) in [7, 11) is -3.89. The van der Waals surface area contributed by atoms with Crippen molar-refractivity contribution in [3.8, 4) is 11.1 Å². The van der Waals surface area contributed by atoms with Crippen LogP contribution in [-0.2, 0) is 21.2 Å². The fraction of sp³-hybridized carbons (Fsp3) is 0.0952. The summed E-state index contributed by atoms with van der Waals surface area (Å²) in [5.74, 6) is -0.555. The van der Waals surface area contributed by atoms with Crippen molar-refractivity contribution in [3.05, 3.63) is 90.0 Å². The molecule has 0 unspecified atom stereocenters. The Balaban J connectivity index is 1.71. The number of carbonyl (C=O) groups excluding carboxylic acids is 1. The van der Waals surface area contributed by atoms with Crippen LogP contribution < -0.4 is 4.72 Å². The second-order valence-electron chi connectivity index (χ2n) is 6.08. The van der Waals surface area contributed by atoms with Gasteiger partial charge in [0.25, 0.3) is 10.0 Å². The van der Waals surface area contributed by atoms with Gasteiger partial charge in [0.05, 0.1) is 11.3 Å². The summed E-state index contributed by atoms with van der Waals surface area (Å²) in [6.45, 7) is 1.95. The molecule has 5 heteroatoms. The predicted molar refractivity (Wildman–Crippen MR) is 102 cm³/mol. The first kappa shape index (κ1) is 17.9. The van der Waals surface area contributed by atoms with Gasteiger partial charge in [0, 0.05) is 0 Å². The Morgan fingerprint density at radius 3 is 2.00 bits per heavy atom. The molecule has 3 aromatic carbocycles. The molecule has 3 rings (SSSR count). The minimum atomic E-state index is -3.89. The van der Waals surface area contributed by atoms with E-state index in [2.05, 4.69) is 4.72 Å². The molecule has 4 nitrogen and oxygen atoms in total. The van der Waals surface area contributed by atoms with Crippen molar-refractivity contribution in [2.75, 3.05) is 0 Å². The van der Waals surface area contributed by atoms with Crippen LogP contribution in [0.1, 0.15) is 11.1 Å². The SMILES string of the molecule is Cc1ccc(CC(=O)NS(=O)(=O)c2ccc(-c3ccccc3)cc2)cc1. The van der Waals surface area contributed by atoms with Gasteiger partial charge in [0.2, 0.25) is 5.91 Å². The molecular weight excluding hydrogens is 346 g/mol. The molecule has 0 spiro atoms. The first-order valence-corrected chi connectivity index (χ1v) is 9.69. The zero-order valence-corrected chi connectivity index (χ0v) is 15.2. The molecule has 0 aliphatic rings. The summed E-state index contributed by atoms with van der Waals surface area (Å²) >= 11 is 0. The molecule has 0 heterocycles. The smallest absolute Gasteiger partial charge is 0.264 e. The topological polar surface area (TPSA) is 63.2 Å². The summed E-state index contributed by atoms with van der Waals surface area (Å²) in [4.78, 5) is 12.1. The zero-order valence-electron chi connectivity index (χ0n) is 14.3. The van der Waals surface area contributed by atoms with Crippen molar-refractivity contribution in [2.24, 2.45) is 0 Å². The third-order valence-electron chi connectivity index (χ3n) is 4.01. The molecule has 132 valence electrons. The highest BCUT2D eigenvalue weighted by Crippen LogP contribution is 2.21. The van der Waals surface area contributed by atoms with Gasteiger partial charge >= 0.3 is 0 Å². The Bertz CT molecular complexity index is 993. The minimum absolute atomic E-state index is 0.0155. The average Bonchev–Trinajstić information content (AvgIpc) is 2.64. The summed E-state index contributed by atoms with van der Waals surface area (Å²) in [5.41, 5.74) is 3.76. The predicted octanol–water partition coefficient (Wildman–Crippen LogP) is 3.71. The molecule has 0 aromatic heterocycles. The Morgan fingerprint density at radius 1 is 0.808 bits per heavy atom. The molecule has 0 saturated heterocycles. The van der Waals surface area contributed by atoms with Crippen molar-refractivity contribution in [3.63, 3.8) is 0 Å². The molecule has 0 aliphatic carbocycles. The van der Waals surface area contributed by atoms with Gasteiger partial charge in [-0.1, -0.05) is 72.3 Å². The number of nitrogens with one attached hydrogen (secondary N) is 1. The first-order valence-electron chi connectivity index (χ1n) is 8.21. The Kier molecular flexibility index (Phi) is 5.19. The van der Waals surface area contributed by atoms with Crippen molar-refractivity contribution in [2.45, 2.75) is 18.2 Å². The number of hydrogen-bond donors (Lipinski definition) is 1. The summed E-state index contributed by atoms with van der Waals surface area (Å²) in [6.07, 6.45) is 0.0155. The molecule has 1 N–H and O–H groups in total. The van der Waals surface area contributed by atoms with Gasteiger partial charge < -0.3 is 0 Å². The molecular formula is C21H19NO3S. The normalized spacial score (nSPS) is 11.1. The van der Waals surface area contributed by atoms with Gasteiger partial charge in [-0.3, -0.25) is 4.79 Å². The summed E-state index contributed by atoms with van der Waals surface area (Å²) < 4.78 is 26.9. The van der Waals surface area contributed by atoms with Gasteiger partial charge in [-0.25, -0.2) is 13.1 Å². The average molecular weight is 365 g/mol. The monoisotopic (exact) mass is 365 g/mol. The maximum atomic E-state index is 12.4. The van der Waals surface area contributed by atoms with Crippen LogP contribution in [0.2, 0.25) is 0 Å². The van der Waals surface area contributed by atoms with Gasteiger partial charge in [-0.15, -0.1) is 0 Å². The highest BCUT2D eigenvalue weighted by atomic mass is 32.2. The van der Waals surface area contributed by atoms with Gasteiger partial charge in [-0.2, -0.15) is 0 Å². The van der Waals surface area contributed by atoms with Crippen LogP contribution in [-0.4, -0.2) is 14.3 Å². The second kappa shape index (κ2) is 7.54. The maximum absolute atomic E-state index is 12.4. The van der Waals surface area contributed by atoms with E-state index in [1.807, 2.05) is 61.5 Å². The molecule has 1 amide bonds. The molecule has 3 aromatic rings. The number of hydrogen-bond acceptors (Lipinski definition) is 3. The van der Waals surface area contributed by atoms with Crippen molar-refractivity contribution >= 4 is 15.9 Å². The highest BCUT2D eigenvalue weighted by molar-refractivity contribution is 7.90. The largest absolute Gasteiger partial charge is 0.274 e. The number of rotatable bonds is 5. The molecule has 0 aliphatic heterocycles. The van der Waals surface area contributed by atoms with E-state index < -0.39 is 15.9 Å². The van der Waals surface area contributed by atoms with E-state index in [-0.39, 0.29) is 11.3 Å². The van der Waals surface area contributed by atoms with Crippen molar-refractivity contribution in [1.29, 1.82) is 0 Å². The van der Waals surface area contributed by atoms with Crippen molar-refractivity contribution in [1.82, 2.24) is 4.72 Å². The van der Waals surface area contributed by atoms with Crippen molar-refractivity contribution < 1.29 is 13.2 Å². The lowest BCUT2D eigenvalue weighted by Gasteiger charge is -2.08. The van der Waals surface area contributed by atoms with Crippen LogP contribution >= 0.6 is 0 Å². The Hall–Kier alpha value is -2.92.